The van der Waals surface area contributed by atoms with Gasteiger partial charge in [-0.25, -0.2) is 4.79 Å². The molecule has 0 aromatic heterocycles. The first-order valence-electron chi connectivity index (χ1n) is 8.49. The van der Waals surface area contributed by atoms with Crippen LogP contribution in [0, 0.1) is 0 Å². The standard InChI is InChI=1S/C20H14Cl4F3NO3/c1-31-19(30)18(29)28-17(12-4-2-3-5-13(12)21)11(6-7-20(25,26)27)10-8-14(22)16(24)15(23)9-10/h2-6,8-9,17H,7H2,1H3,(H,28,29)/b11-6+. The highest BCUT2D eigenvalue weighted by molar-refractivity contribution is 6.48. The van der Waals surface area contributed by atoms with Crippen LogP contribution in [0.15, 0.2) is 42.5 Å². The first-order valence-corrected chi connectivity index (χ1v) is 10.0. The number of amides is 1. The number of benzene rings is 2. The van der Waals surface area contributed by atoms with E-state index in [4.69, 9.17) is 46.4 Å². The number of esters is 1. The predicted octanol–water partition coefficient (Wildman–Crippen LogP) is 6.67. The summed E-state index contributed by atoms with van der Waals surface area (Å²) in [6.07, 6.45) is -5.04. The summed E-state index contributed by atoms with van der Waals surface area (Å²) in [5.74, 6) is -2.42. The molecule has 0 fully saturated rings. The highest BCUT2D eigenvalue weighted by Gasteiger charge is 2.30. The number of halogens is 7. The van der Waals surface area contributed by atoms with Gasteiger partial charge in [0.2, 0.25) is 0 Å². The Morgan fingerprint density at radius 2 is 1.65 bits per heavy atom. The second-order valence-corrected chi connectivity index (χ2v) is 7.75. The molecule has 1 amide bonds. The monoisotopic (exact) mass is 513 g/mol. The van der Waals surface area contributed by atoms with Gasteiger partial charge in [-0.15, -0.1) is 0 Å². The number of hydrogen-bond donors (Lipinski definition) is 1. The summed E-state index contributed by atoms with van der Waals surface area (Å²) < 4.78 is 43.5. The molecule has 0 heterocycles. The van der Waals surface area contributed by atoms with Gasteiger partial charge in [-0.3, -0.25) is 4.79 Å². The molecule has 2 rings (SSSR count). The summed E-state index contributed by atoms with van der Waals surface area (Å²) in [7, 11) is 0.992. The first kappa shape index (κ1) is 25.3. The Morgan fingerprint density at radius 3 is 2.16 bits per heavy atom. The Balaban J connectivity index is 2.72. The van der Waals surface area contributed by atoms with Crippen molar-refractivity contribution in [2.24, 2.45) is 0 Å². The van der Waals surface area contributed by atoms with E-state index in [0.717, 1.165) is 13.2 Å². The van der Waals surface area contributed by atoms with Crippen LogP contribution in [0.3, 0.4) is 0 Å². The fourth-order valence-electron chi connectivity index (χ4n) is 2.67. The second-order valence-electron chi connectivity index (χ2n) is 6.15. The number of carbonyl (C=O) groups excluding carboxylic acids is 2. The lowest BCUT2D eigenvalue weighted by Gasteiger charge is -2.24. The van der Waals surface area contributed by atoms with Crippen LogP contribution in [0.4, 0.5) is 13.2 Å². The maximum atomic E-state index is 13.0. The highest BCUT2D eigenvalue weighted by Crippen LogP contribution is 2.40. The fraction of sp³-hybridized carbons (Fsp3) is 0.200. The molecule has 1 atom stereocenters. The van der Waals surface area contributed by atoms with Gasteiger partial charge in [0.05, 0.1) is 34.6 Å². The molecule has 4 nitrogen and oxygen atoms in total. The Kier molecular flexibility index (Phi) is 8.65. The quantitative estimate of drug-likeness (QED) is 0.275. The van der Waals surface area contributed by atoms with Crippen molar-refractivity contribution in [1.29, 1.82) is 0 Å². The van der Waals surface area contributed by atoms with Gasteiger partial charge < -0.3 is 10.1 Å². The number of hydrogen-bond acceptors (Lipinski definition) is 3. The van der Waals surface area contributed by atoms with Crippen LogP contribution in [0.2, 0.25) is 20.1 Å². The van der Waals surface area contributed by atoms with Crippen molar-refractivity contribution in [2.75, 3.05) is 7.11 Å². The summed E-state index contributed by atoms with van der Waals surface area (Å²) in [6.45, 7) is 0. The number of carbonyl (C=O) groups is 2. The minimum Gasteiger partial charge on any atom is -0.462 e. The SMILES string of the molecule is COC(=O)C(=O)NC(/C(=C/CC(F)(F)F)c1cc(Cl)c(Cl)c(Cl)c1)c1ccccc1Cl. The number of methoxy groups -OCH3 is 1. The Labute approximate surface area is 195 Å². The van der Waals surface area contributed by atoms with E-state index < -0.39 is 30.5 Å². The average Bonchev–Trinajstić information content (AvgIpc) is 2.70. The molecule has 0 aliphatic heterocycles. The summed E-state index contributed by atoms with van der Waals surface area (Å²) >= 11 is 24.3. The van der Waals surface area contributed by atoms with E-state index in [-0.39, 0.29) is 36.8 Å². The van der Waals surface area contributed by atoms with Gasteiger partial charge >= 0.3 is 18.1 Å². The molecule has 1 N–H and O–H groups in total. The number of ether oxygens (including phenoxy) is 1. The summed E-state index contributed by atoms with van der Waals surface area (Å²) in [6, 6.07) is 7.47. The van der Waals surface area contributed by atoms with Gasteiger partial charge in [0.1, 0.15) is 0 Å². The van der Waals surface area contributed by atoms with Crippen molar-refractivity contribution >= 4 is 63.9 Å². The van der Waals surface area contributed by atoms with E-state index >= 15 is 0 Å². The van der Waals surface area contributed by atoms with Crippen LogP contribution in [-0.4, -0.2) is 25.2 Å². The van der Waals surface area contributed by atoms with Crippen molar-refractivity contribution in [3.8, 4) is 0 Å². The van der Waals surface area contributed by atoms with Gasteiger partial charge in [0, 0.05) is 5.02 Å². The largest absolute Gasteiger partial charge is 0.462 e. The summed E-state index contributed by atoms with van der Waals surface area (Å²) in [5.41, 5.74) is 0.318. The lowest BCUT2D eigenvalue weighted by atomic mass is 9.91. The Bertz CT molecular complexity index is 1000. The van der Waals surface area contributed by atoms with E-state index in [1.165, 1.54) is 24.3 Å². The molecule has 0 radical (unpaired) electrons. The normalized spacial score (nSPS) is 13.0. The third kappa shape index (κ3) is 6.77. The summed E-state index contributed by atoms with van der Waals surface area (Å²) in [4.78, 5) is 23.9. The third-order valence-corrected chi connectivity index (χ3v) is 5.59. The molecule has 0 saturated carbocycles. The van der Waals surface area contributed by atoms with Gasteiger partial charge in [0.25, 0.3) is 0 Å². The average molecular weight is 515 g/mol. The molecule has 0 aliphatic carbocycles. The number of rotatable bonds is 5. The predicted molar refractivity (Wildman–Crippen MR) is 114 cm³/mol. The zero-order valence-electron chi connectivity index (χ0n) is 15.7. The molecule has 0 bridgehead atoms. The molecule has 0 aliphatic rings. The molecule has 2 aromatic carbocycles. The number of alkyl halides is 3. The van der Waals surface area contributed by atoms with Gasteiger partial charge in [-0.05, 0) is 34.9 Å². The lowest BCUT2D eigenvalue weighted by molar-refractivity contribution is -0.152. The Hall–Kier alpha value is -1.93. The topological polar surface area (TPSA) is 55.4 Å². The molecule has 0 saturated heterocycles. The van der Waals surface area contributed by atoms with Crippen molar-refractivity contribution < 1.29 is 27.5 Å². The van der Waals surface area contributed by atoms with Crippen molar-refractivity contribution in [3.63, 3.8) is 0 Å². The molecule has 1 unspecified atom stereocenters. The highest BCUT2D eigenvalue weighted by atomic mass is 35.5. The molecular weight excluding hydrogens is 501 g/mol. The van der Waals surface area contributed by atoms with Crippen LogP contribution >= 0.6 is 46.4 Å². The van der Waals surface area contributed by atoms with Crippen LogP contribution < -0.4 is 5.32 Å². The number of allylic oxidation sites excluding steroid dienone is 1. The van der Waals surface area contributed by atoms with Crippen LogP contribution in [0.1, 0.15) is 23.6 Å². The van der Waals surface area contributed by atoms with E-state index in [9.17, 15) is 22.8 Å². The number of nitrogens with one attached hydrogen (secondary N) is 1. The smallest absolute Gasteiger partial charge is 0.396 e. The van der Waals surface area contributed by atoms with Gasteiger partial charge in [-0.2, -0.15) is 13.2 Å². The van der Waals surface area contributed by atoms with Gasteiger partial charge in [-0.1, -0.05) is 70.7 Å². The molecule has 166 valence electrons. The van der Waals surface area contributed by atoms with Crippen molar-refractivity contribution in [1.82, 2.24) is 5.32 Å². The van der Waals surface area contributed by atoms with E-state index in [0.29, 0.717) is 0 Å². The van der Waals surface area contributed by atoms with E-state index in [1.807, 2.05) is 0 Å². The third-order valence-electron chi connectivity index (χ3n) is 4.04. The maximum Gasteiger partial charge on any atom is 0.396 e. The second kappa shape index (κ2) is 10.6. The van der Waals surface area contributed by atoms with Gasteiger partial charge in [0.15, 0.2) is 0 Å². The minimum absolute atomic E-state index is 0.00939. The molecule has 0 spiro atoms. The minimum atomic E-state index is -4.55. The molecule has 11 heteroatoms. The van der Waals surface area contributed by atoms with Crippen LogP contribution in [-0.2, 0) is 14.3 Å². The Morgan fingerprint density at radius 1 is 1.06 bits per heavy atom. The zero-order valence-corrected chi connectivity index (χ0v) is 18.7. The van der Waals surface area contributed by atoms with E-state index in [1.54, 1.807) is 12.1 Å². The van der Waals surface area contributed by atoms with Crippen LogP contribution in [0.5, 0.6) is 0 Å². The molecular formula is C20H14Cl4F3NO3. The van der Waals surface area contributed by atoms with E-state index in [2.05, 4.69) is 10.1 Å². The zero-order chi connectivity index (χ0) is 23.3. The first-order chi connectivity index (χ1) is 14.4. The lowest BCUT2D eigenvalue weighted by Crippen LogP contribution is -2.35. The summed E-state index contributed by atoms with van der Waals surface area (Å²) in [5, 5.41) is 2.48. The molecule has 2 aromatic rings. The maximum absolute atomic E-state index is 13.0. The van der Waals surface area contributed by atoms with Crippen molar-refractivity contribution in [3.05, 3.63) is 73.7 Å². The fourth-order valence-corrected chi connectivity index (χ4v) is 3.51. The van der Waals surface area contributed by atoms with Crippen LogP contribution in [0.25, 0.3) is 5.57 Å². The van der Waals surface area contributed by atoms with Crippen molar-refractivity contribution in [2.45, 2.75) is 18.6 Å². The molecule has 31 heavy (non-hydrogen) atoms.